The fraction of sp³-hybridized carbons (Fsp3) is 0.333. The number of aromatic amines is 1. The minimum absolute atomic E-state index is 0.443. The van der Waals surface area contributed by atoms with E-state index in [1.807, 2.05) is 17.0 Å². The Hall–Kier alpha value is -2.64. The van der Waals surface area contributed by atoms with Crippen molar-refractivity contribution in [3.8, 4) is 0 Å². The van der Waals surface area contributed by atoms with Crippen LogP contribution in [0.2, 0.25) is 0 Å². The van der Waals surface area contributed by atoms with Gasteiger partial charge in [-0.15, -0.1) is 0 Å². The lowest BCUT2D eigenvalue weighted by Gasteiger charge is -2.21. The fourth-order valence-electron chi connectivity index (χ4n) is 3.35. The molecule has 3 aromatic rings. The van der Waals surface area contributed by atoms with Gasteiger partial charge in [0.1, 0.15) is 5.82 Å². The number of rotatable bonds is 3. The van der Waals surface area contributed by atoms with E-state index in [0.717, 1.165) is 30.8 Å². The lowest BCUT2D eigenvalue weighted by molar-refractivity contribution is 0.128. The maximum Gasteiger partial charge on any atom is 0.227 e. The van der Waals surface area contributed by atoms with Gasteiger partial charge < -0.3 is 20.7 Å². The lowest BCUT2D eigenvalue weighted by Crippen LogP contribution is -2.34. The zero-order valence-electron chi connectivity index (χ0n) is 14.0. The van der Waals surface area contributed by atoms with E-state index in [4.69, 9.17) is 5.73 Å². The standard InChI is InChI=1S/C18H22N6O/c19-17-5-6-20-18(22-17)24-8-7-23(11-15(25)12-24)10-14-9-13-3-1-2-4-16(13)21-14/h1-6,9,15,21,25H,7-8,10-12H2,(H2,19,20,22)/t15-/m1/s1. The number of fused-ring (bicyclic) bond motifs is 1. The van der Waals surface area contributed by atoms with Crippen LogP contribution in [0.3, 0.4) is 0 Å². The molecule has 0 spiro atoms. The van der Waals surface area contributed by atoms with Gasteiger partial charge in [0.2, 0.25) is 5.95 Å². The van der Waals surface area contributed by atoms with E-state index < -0.39 is 6.10 Å². The molecule has 7 heteroatoms. The second-order valence-corrected chi connectivity index (χ2v) is 6.50. The smallest absolute Gasteiger partial charge is 0.227 e. The monoisotopic (exact) mass is 338 g/mol. The first kappa shape index (κ1) is 15.9. The predicted octanol–water partition coefficient (Wildman–Crippen LogP) is 1.22. The molecule has 0 bridgehead atoms. The molecule has 1 saturated heterocycles. The largest absolute Gasteiger partial charge is 0.390 e. The molecule has 2 aromatic heterocycles. The summed E-state index contributed by atoms with van der Waals surface area (Å²) in [6.07, 6.45) is 1.19. The summed E-state index contributed by atoms with van der Waals surface area (Å²) in [4.78, 5) is 16.2. The lowest BCUT2D eigenvalue weighted by atomic mass is 10.2. The van der Waals surface area contributed by atoms with Crippen LogP contribution < -0.4 is 10.6 Å². The molecule has 1 fully saturated rings. The van der Waals surface area contributed by atoms with Crippen LogP contribution in [-0.4, -0.2) is 57.2 Å². The number of nitrogen functional groups attached to an aromatic ring is 1. The van der Waals surface area contributed by atoms with E-state index in [2.05, 4.69) is 38.1 Å². The van der Waals surface area contributed by atoms with E-state index >= 15 is 0 Å². The molecular weight excluding hydrogens is 316 g/mol. The summed E-state index contributed by atoms with van der Waals surface area (Å²) in [5, 5.41) is 11.6. The van der Waals surface area contributed by atoms with Crippen molar-refractivity contribution < 1.29 is 5.11 Å². The highest BCUT2D eigenvalue weighted by Crippen LogP contribution is 2.18. The van der Waals surface area contributed by atoms with Crippen molar-refractivity contribution in [2.24, 2.45) is 0 Å². The number of aliphatic hydroxyl groups excluding tert-OH is 1. The van der Waals surface area contributed by atoms with Gasteiger partial charge in [-0.3, -0.25) is 4.90 Å². The zero-order valence-corrected chi connectivity index (χ0v) is 14.0. The molecule has 1 atom stereocenters. The number of nitrogens with one attached hydrogen (secondary N) is 1. The van der Waals surface area contributed by atoms with Crippen molar-refractivity contribution >= 4 is 22.7 Å². The van der Waals surface area contributed by atoms with Gasteiger partial charge in [0.15, 0.2) is 0 Å². The third kappa shape index (κ3) is 3.57. The molecule has 4 N–H and O–H groups in total. The second kappa shape index (κ2) is 6.70. The van der Waals surface area contributed by atoms with Gasteiger partial charge in [-0.25, -0.2) is 4.98 Å². The van der Waals surface area contributed by atoms with Crippen LogP contribution in [0.15, 0.2) is 42.6 Å². The Morgan fingerprint density at radius 3 is 2.92 bits per heavy atom. The summed E-state index contributed by atoms with van der Waals surface area (Å²) in [6.45, 7) is 3.48. The van der Waals surface area contributed by atoms with E-state index in [1.165, 1.54) is 5.39 Å². The van der Waals surface area contributed by atoms with Crippen molar-refractivity contribution in [2.45, 2.75) is 12.6 Å². The van der Waals surface area contributed by atoms with Crippen LogP contribution >= 0.6 is 0 Å². The number of para-hydroxylation sites is 1. The number of nitrogens with two attached hydrogens (primary N) is 1. The molecule has 3 heterocycles. The molecule has 1 aliphatic heterocycles. The van der Waals surface area contributed by atoms with Gasteiger partial charge in [0.25, 0.3) is 0 Å². The highest BCUT2D eigenvalue weighted by Gasteiger charge is 2.23. The van der Waals surface area contributed by atoms with Crippen molar-refractivity contribution in [3.63, 3.8) is 0 Å². The topological polar surface area (TPSA) is 94.3 Å². The summed E-state index contributed by atoms with van der Waals surface area (Å²) >= 11 is 0. The number of benzene rings is 1. The first-order valence-corrected chi connectivity index (χ1v) is 8.48. The third-order valence-corrected chi connectivity index (χ3v) is 4.51. The summed E-state index contributed by atoms with van der Waals surface area (Å²) in [5.41, 5.74) is 8.05. The summed E-state index contributed by atoms with van der Waals surface area (Å²) in [7, 11) is 0. The molecule has 1 aromatic carbocycles. The average molecular weight is 338 g/mol. The van der Waals surface area contributed by atoms with Gasteiger partial charge in [-0.1, -0.05) is 18.2 Å². The molecule has 0 saturated carbocycles. The molecule has 25 heavy (non-hydrogen) atoms. The van der Waals surface area contributed by atoms with Crippen molar-refractivity contribution in [3.05, 3.63) is 48.3 Å². The van der Waals surface area contributed by atoms with E-state index in [1.54, 1.807) is 12.3 Å². The van der Waals surface area contributed by atoms with Crippen molar-refractivity contribution in [2.75, 3.05) is 36.8 Å². The molecule has 0 unspecified atom stereocenters. The van der Waals surface area contributed by atoms with Crippen molar-refractivity contribution in [1.82, 2.24) is 19.9 Å². The first-order chi connectivity index (χ1) is 12.2. The SMILES string of the molecule is Nc1ccnc(N2CCN(Cc3cc4ccccc4[nH]3)C[C@@H](O)C2)n1. The van der Waals surface area contributed by atoms with Crippen molar-refractivity contribution in [1.29, 1.82) is 0 Å². The summed E-state index contributed by atoms with van der Waals surface area (Å²) in [5.74, 6) is 1.02. The number of hydrogen-bond acceptors (Lipinski definition) is 6. The molecule has 130 valence electrons. The summed E-state index contributed by atoms with van der Waals surface area (Å²) in [6, 6.07) is 12.1. The average Bonchev–Trinajstić information content (AvgIpc) is 2.90. The molecule has 0 radical (unpaired) electrons. The van der Waals surface area contributed by atoms with Crippen LogP contribution in [0.4, 0.5) is 11.8 Å². The number of aliphatic hydroxyl groups is 1. The minimum Gasteiger partial charge on any atom is -0.390 e. The van der Waals surface area contributed by atoms with Crippen LogP contribution in [0.1, 0.15) is 5.69 Å². The normalized spacial score (nSPS) is 19.2. The Kier molecular flexibility index (Phi) is 4.25. The number of H-pyrrole nitrogens is 1. The van der Waals surface area contributed by atoms with E-state index in [9.17, 15) is 5.11 Å². The van der Waals surface area contributed by atoms with Gasteiger partial charge in [0, 0.05) is 50.1 Å². The highest BCUT2D eigenvalue weighted by molar-refractivity contribution is 5.80. The van der Waals surface area contributed by atoms with E-state index in [-0.39, 0.29) is 0 Å². The Bertz CT molecular complexity index is 830. The molecule has 0 aliphatic carbocycles. The third-order valence-electron chi connectivity index (χ3n) is 4.51. The number of β-amino-alcohol motifs (C(OH)–C–C–N with tert-alkyl or cyclic N) is 1. The maximum atomic E-state index is 10.4. The number of hydrogen-bond donors (Lipinski definition) is 3. The molecule has 0 amide bonds. The highest BCUT2D eigenvalue weighted by atomic mass is 16.3. The number of anilines is 2. The minimum atomic E-state index is -0.461. The molecule has 4 rings (SSSR count). The number of nitrogens with zero attached hydrogens (tertiary/aromatic N) is 4. The van der Waals surface area contributed by atoms with E-state index in [0.29, 0.717) is 24.9 Å². The molecular formula is C18H22N6O. The maximum absolute atomic E-state index is 10.4. The Morgan fingerprint density at radius 1 is 1.20 bits per heavy atom. The first-order valence-electron chi connectivity index (χ1n) is 8.48. The van der Waals surface area contributed by atoms with Gasteiger partial charge in [0.05, 0.1) is 6.10 Å². The van der Waals surface area contributed by atoms with Gasteiger partial charge in [-0.05, 0) is 23.6 Å². The quantitative estimate of drug-likeness (QED) is 0.665. The summed E-state index contributed by atoms with van der Waals surface area (Å²) < 4.78 is 0. The number of aromatic nitrogens is 3. The van der Waals surface area contributed by atoms with Gasteiger partial charge in [-0.2, -0.15) is 4.98 Å². The zero-order chi connectivity index (χ0) is 17.2. The Labute approximate surface area is 146 Å². The molecule has 7 nitrogen and oxygen atoms in total. The van der Waals surface area contributed by atoms with Crippen LogP contribution in [0, 0.1) is 0 Å². The van der Waals surface area contributed by atoms with Crippen LogP contribution in [-0.2, 0) is 6.54 Å². The van der Waals surface area contributed by atoms with Crippen LogP contribution in [0.5, 0.6) is 0 Å². The Morgan fingerprint density at radius 2 is 2.08 bits per heavy atom. The fourth-order valence-corrected chi connectivity index (χ4v) is 3.35. The van der Waals surface area contributed by atoms with Crippen LogP contribution in [0.25, 0.3) is 10.9 Å². The Balaban J connectivity index is 1.47. The predicted molar refractivity (Wildman–Crippen MR) is 98.2 cm³/mol. The second-order valence-electron chi connectivity index (χ2n) is 6.50. The van der Waals surface area contributed by atoms with Gasteiger partial charge >= 0.3 is 0 Å². The molecule has 1 aliphatic rings.